The third-order valence-corrected chi connectivity index (χ3v) is 7.56. The monoisotopic (exact) mass is 424 g/mol. The molecule has 29 heavy (non-hydrogen) atoms. The molecule has 2 heterocycles. The van der Waals surface area contributed by atoms with Crippen molar-refractivity contribution in [1.82, 2.24) is 14.1 Å². The predicted molar refractivity (Wildman–Crippen MR) is 113 cm³/mol. The minimum atomic E-state index is -3.68. The van der Waals surface area contributed by atoms with Crippen LogP contribution in [0, 0.1) is 0 Å². The molecule has 8 nitrogen and oxygen atoms in total. The first-order chi connectivity index (χ1) is 13.8. The van der Waals surface area contributed by atoms with Gasteiger partial charge < -0.3 is 15.0 Å². The molecule has 0 aliphatic carbocycles. The second-order valence-electron chi connectivity index (χ2n) is 7.98. The van der Waals surface area contributed by atoms with Gasteiger partial charge in [-0.1, -0.05) is 0 Å². The van der Waals surface area contributed by atoms with E-state index in [0.717, 1.165) is 43.3 Å². The first-order valence-corrected chi connectivity index (χ1v) is 11.6. The summed E-state index contributed by atoms with van der Waals surface area (Å²) in [7, 11) is 0.678. The van der Waals surface area contributed by atoms with Crippen molar-refractivity contribution < 1.29 is 17.9 Å². The molecule has 1 atom stereocenters. The van der Waals surface area contributed by atoms with E-state index in [1.165, 1.54) is 40.1 Å². The van der Waals surface area contributed by atoms with E-state index in [1.54, 1.807) is 12.1 Å². The van der Waals surface area contributed by atoms with E-state index >= 15 is 0 Å². The Morgan fingerprint density at radius 2 is 1.93 bits per heavy atom. The van der Waals surface area contributed by atoms with Gasteiger partial charge in [0.05, 0.1) is 13.7 Å². The van der Waals surface area contributed by atoms with Crippen molar-refractivity contribution in [3.63, 3.8) is 0 Å². The highest BCUT2D eigenvalue weighted by Gasteiger charge is 2.29. The third-order valence-electron chi connectivity index (χ3n) is 5.72. The van der Waals surface area contributed by atoms with E-state index in [9.17, 15) is 13.2 Å². The molecule has 0 radical (unpaired) electrons. The fourth-order valence-corrected chi connectivity index (χ4v) is 5.19. The minimum Gasteiger partial charge on any atom is -0.495 e. The van der Waals surface area contributed by atoms with Gasteiger partial charge in [0, 0.05) is 32.4 Å². The standard InChI is InChI=1S/C20H32N4O4S/c1-22(2)29(26,27)19-13-16(8-9-18(19)28-3)21-20(25)15-24-12-6-7-17(24)14-23-10-4-5-11-23/h8-9,13,17H,4-7,10-12,14-15H2,1-3H3,(H,21,25). The number of nitrogens with one attached hydrogen (secondary N) is 1. The number of carbonyl (C=O) groups excluding carboxylic acids is 1. The van der Waals surface area contributed by atoms with Crippen LogP contribution < -0.4 is 10.1 Å². The molecule has 0 saturated carbocycles. The maximum absolute atomic E-state index is 12.6. The zero-order chi connectivity index (χ0) is 21.0. The summed E-state index contributed by atoms with van der Waals surface area (Å²) in [5.41, 5.74) is 0.450. The van der Waals surface area contributed by atoms with E-state index in [0.29, 0.717) is 18.3 Å². The highest BCUT2D eigenvalue weighted by Crippen LogP contribution is 2.29. The molecule has 1 N–H and O–H groups in total. The predicted octanol–water partition coefficient (Wildman–Crippen LogP) is 1.44. The minimum absolute atomic E-state index is 0.0379. The molecular weight excluding hydrogens is 392 g/mol. The van der Waals surface area contributed by atoms with E-state index in [4.69, 9.17) is 4.74 Å². The van der Waals surface area contributed by atoms with Crippen LogP contribution in [0.25, 0.3) is 0 Å². The summed E-state index contributed by atoms with van der Waals surface area (Å²) in [5.74, 6) is 0.124. The lowest BCUT2D eigenvalue weighted by atomic mass is 10.2. The average Bonchev–Trinajstić information content (AvgIpc) is 3.34. The number of benzene rings is 1. The molecule has 2 fully saturated rings. The summed E-state index contributed by atoms with van der Waals surface area (Å²) in [5, 5.41) is 2.85. The number of anilines is 1. The van der Waals surface area contributed by atoms with Crippen molar-refractivity contribution in [2.45, 2.75) is 36.6 Å². The van der Waals surface area contributed by atoms with Crippen molar-refractivity contribution in [1.29, 1.82) is 0 Å². The summed E-state index contributed by atoms with van der Waals surface area (Å²) in [6.07, 6.45) is 4.77. The number of likely N-dealkylation sites (tertiary alicyclic amines) is 2. The van der Waals surface area contributed by atoms with Crippen LogP contribution in [-0.2, 0) is 14.8 Å². The fraction of sp³-hybridized carbons (Fsp3) is 0.650. The lowest BCUT2D eigenvalue weighted by molar-refractivity contribution is -0.117. The van der Waals surface area contributed by atoms with Gasteiger partial charge in [0.1, 0.15) is 10.6 Å². The number of nitrogens with zero attached hydrogens (tertiary/aromatic N) is 3. The number of methoxy groups -OCH3 is 1. The summed E-state index contributed by atoms with van der Waals surface area (Å²) in [6, 6.07) is 5.10. The average molecular weight is 425 g/mol. The van der Waals surface area contributed by atoms with Gasteiger partial charge in [-0.05, 0) is 63.5 Å². The topological polar surface area (TPSA) is 82.2 Å². The van der Waals surface area contributed by atoms with Crippen molar-refractivity contribution in [3.05, 3.63) is 18.2 Å². The molecule has 1 aromatic carbocycles. The first-order valence-electron chi connectivity index (χ1n) is 10.2. The van der Waals surface area contributed by atoms with E-state index in [-0.39, 0.29) is 16.6 Å². The van der Waals surface area contributed by atoms with Gasteiger partial charge in [0.2, 0.25) is 15.9 Å². The molecule has 2 saturated heterocycles. The second-order valence-corrected chi connectivity index (χ2v) is 10.1. The summed E-state index contributed by atoms with van der Waals surface area (Å²) >= 11 is 0. The highest BCUT2D eigenvalue weighted by atomic mass is 32.2. The van der Waals surface area contributed by atoms with Gasteiger partial charge in [0.15, 0.2) is 0 Å². The third kappa shape index (κ3) is 5.28. The number of amides is 1. The molecule has 0 aromatic heterocycles. The lowest BCUT2D eigenvalue weighted by Gasteiger charge is -2.28. The first kappa shape index (κ1) is 22.0. The molecule has 1 unspecified atom stereocenters. The van der Waals surface area contributed by atoms with Crippen LogP contribution in [-0.4, -0.2) is 88.4 Å². The Balaban J connectivity index is 1.65. The summed E-state index contributed by atoms with van der Waals surface area (Å²) in [4.78, 5) is 17.4. The zero-order valence-corrected chi connectivity index (χ0v) is 18.4. The molecule has 0 spiro atoms. The zero-order valence-electron chi connectivity index (χ0n) is 17.6. The Morgan fingerprint density at radius 1 is 1.21 bits per heavy atom. The molecule has 9 heteroatoms. The number of sulfonamides is 1. The van der Waals surface area contributed by atoms with Crippen LogP contribution in [0.2, 0.25) is 0 Å². The number of rotatable bonds is 8. The van der Waals surface area contributed by atoms with Crippen LogP contribution in [0.4, 0.5) is 5.69 Å². The number of hydrogen-bond donors (Lipinski definition) is 1. The summed E-state index contributed by atoms with van der Waals surface area (Å²) in [6.45, 7) is 4.59. The van der Waals surface area contributed by atoms with Crippen LogP contribution in [0.1, 0.15) is 25.7 Å². The maximum atomic E-state index is 12.6. The SMILES string of the molecule is COc1ccc(NC(=O)CN2CCCC2CN2CCCC2)cc1S(=O)(=O)N(C)C. The smallest absolute Gasteiger partial charge is 0.246 e. The van der Waals surface area contributed by atoms with E-state index in [2.05, 4.69) is 15.1 Å². The van der Waals surface area contributed by atoms with Gasteiger partial charge in [-0.15, -0.1) is 0 Å². The van der Waals surface area contributed by atoms with Crippen LogP contribution >= 0.6 is 0 Å². The largest absolute Gasteiger partial charge is 0.495 e. The van der Waals surface area contributed by atoms with Gasteiger partial charge in [-0.2, -0.15) is 0 Å². The van der Waals surface area contributed by atoms with Crippen molar-refractivity contribution in [2.75, 3.05) is 59.2 Å². The van der Waals surface area contributed by atoms with Crippen molar-refractivity contribution in [3.8, 4) is 5.75 Å². The summed E-state index contributed by atoms with van der Waals surface area (Å²) < 4.78 is 31.4. The highest BCUT2D eigenvalue weighted by molar-refractivity contribution is 7.89. The molecular formula is C20H32N4O4S. The molecule has 2 aliphatic rings. The quantitative estimate of drug-likeness (QED) is 0.680. The Bertz CT molecular complexity index is 822. The van der Waals surface area contributed by atoms with Gasteiger partial charge in [0.25, 0.3) is 0 Å². The number of hydrogen-bond acceptors (Lipinski definition) is 6. The normalized spacial score (nSPS) is 21.0. The number of carbonyl (C=O) groups is 1. The second kappa shape index (κ2) is 9.42. The molecule has 2 aliphatic heterocycles. The Labute approximate surface area is 173 Å². The van der Waals surface area contributed by atoms with Gasteiger partial charge in [-0.25, -0.2) is 12.7 Å². The van der Waals surface area contributed by atoms with Crippen molar-refractivity contribution >= 4 is 21.6 Å². The Kier molecular flexibility index (Phi) is 7.15. The van der Waals surface area contributed by atoms with Gasteiger partial charge in [-0.3, -0.25) is 9.69 Å². The molecule has 162 valence electrons. The fourth-order valence-electron chi connectivity index (χ4n) is 4.11. The Morgan fingerprint density at radius 3 is 2.59 bits per heavy atom. The lowest BCUT2D eigenvalue weighted by Crippen LogP contribution is -2.42. The Hall–Kier alpha value is -1.68. The van der Waals surface area contributed by atoms with Crippen LogP contribution in [0.15, 0.2) is 23.1 Å². The van der Waals surface area contributed by atoms with E-state index in [1.807, 2.05) is 0 Å². The van der Waals surface area contributed by atoms with E-state index < -0.39 is 10.0 Å². The molecule has 1 aromatic rings. The van der Waals surface area contributed by atoms with Crippen LogP contribution in [0.5, 0.6) is 5.75 Å². The van der Waals surface area contributed by atoms with Crippen molar-refractivity contribution in [2.24, 2.45) is 0 Å². The van der Waals surface area contributed by atoms with Crippen LogP contribution in [0.3, 0.4) is 0 Å². The molecule has 0 bridgehead atoms. The van der Waals surface area contributed by atoms with Gasteiger partial charge >= 0.3 is 0 Å². The number of ether oxygens (including phenoxy) is 1. The maximum Gasteiger partial charge on any atom is 0.246 e. The molecule has 1 amide bonds. The molecule has 3 rings (SSSR count).